The molecular formula is C18H17N3O3S. The van der Waals surface area contributed by atoms with Crippen LogP contribution in [0.4, 0.5) is 5.82 Å². The molecule has 0 saturated heterocycles. The van der Waals surface area contributed by atoms with Crippen LogP contribution in [0.1, 0.15) is 5.56 Å². The molecule has 0 radical (unpaired) electrons. The van der Waals surface area contributed by atoms with E-state index in [4.69, 9.17) is 4.74 Å². The largest absolute Gasteiger partial charge is 0.497 e. The summed E-state index contributed by atoms with van der Waals surface area (Å²) in [4.78, 5) is 8.59. The molecule has 1 N–H and O–H groups in total. The van der Waals surface area contributed by atoms with Gasteiger partial charge in [0, 0.05) is 5.56 Å². The summed E-state index contributed by atoms with van der Waals surface area (Å²) in [7, 11) is -2.08. The van der Waals surface area contributed by atoms with Gasteiger partial charge in [-0.15, -0.1) is 0 Å². The molecule has 3 rings (SSSR count). The van der Waals surface area contributed by atoms with E-state index in [1.807, 2.05) is 31.2 Å². The number of aromatic nitrogens is 2. The third kappa shape index (κ3) is 3.95. The van der Waals surface area contributed by atoms with Crippen molar-refractivity contribution in [2.24, 2.45) is 0 Å². The first-order valence-corrected chi connectivity index (χ1v) is 9.02. The number of ether oxygens (including phenoxy) is 1. The van der Waals surface area contributed by atoms with Crippen molar-refractivity contribution in [1.29, 1.82) is 0 Å². The first-order chi connectivity index (χ1) is 12.0. The highest BCUT2D eigenvalue weighted by Crippen LogP contribution is 2.21. The molecule has 1 heterocycles. The van der Waals surface area contributed by atoms with Gasteiger partial charge in [0.05, 0.1) is 30.1 Å². The van der Waals surface area contributed by atoms with E-state index >= 15 is 0 Å². The maximum Gasteiger partial charge on any atom is 0.263 e. The van der Waals surface area contributed by atoms with Crippen LogP contribution in [0.15, 0.2) is 65.8 Å². The van der Waals surface area contributed by atoms with Gasteiger partial charge in [-0.2, -0.15) is 0 Å². The molecule has 0 aliphatic heterocycles. The summed E-state index contributed by atoms with van der Waals surface area (Å²) >= 11 is 0. The van der Waals surface area contributed by atoms with Crippen molar-refractivity contribution in [2.45, 2.75) is 11.8 Å². The molecule has 6 nitrogen and oxygen atoms in total. The highest BCUT2D eigenvalue weighted by Gasteiger charge is 2.14. The second-order valence-electron chi connectivity index (χ2n) is 5.43. The lowest BCUT2D eigenvalue weighted by atomic mass is 10.1. The van der Waals surface area contributed by atoms with Gasteiger partial charge in [-0.1, -0.05) is 17.7 Å². The molecule has 3 aromatic rings. The van der Waals surface area contributed by atoms with Crippen molar-refractivity contribution in [2.75, 3.05) is 11.8 Å². The Kier molecular flexibility index (Phi) is 4.67. The summed E-state index contributed by atoms with van der Waals surface area (Å²) in [5, 5.41) is 0. The van der Waals surface area contributed by atoms with E-state index < -0.39 is 10.0 Å². The minimum absolute atomic E-state index is 0.165. The van der Waals surface area contributed by atoms with E-state index in [9.17, 15) is 8.42 Å². The predicted octanol–water partition coefficient (Wildman–Crippen LogP) is 3.26. The summed E-state index contributed by atoms with van der Waals surface area (Å²) in [5.41, 5.74) is 2.49. The standard InChI is InChI=1S/C18H17N3O3S/c1-13-3-9-16(10-4-13)25(22,23)21-18-12-19-17(11-20-18)14-5-7-15(24-2)8-6-14/h3-12H,1-2H3,(H,20,21). The predicted molar refractivity (Wildman–Crippen MR) is 96.0 cm³/mol. The van der Waals surface area contributed by atoms with E-state index in [1.165, 1.54) is 12.4 Å². The van der Waals surface area contributed by atoms with E-state index in [0.29, 0.717) is 5.69 Å². The Hall–Kier alpha value is -2.93. The van der Waals surface area contributed by atoms with Crippen molar-refractivity contribution in [3.8, 4) is 17.0 Å². The molecule has 128 valence electrons. The number of sulfonamides is 1. The molecule has 0 aliphatic rings. The topological polar surface area (TPSA) is 81.2 Å². The fourth-order valence-corrected chi connectivity index (χ4v) is 3.20. The average Bonchev–Trinajstić information content (AvgIpc) is 2.62. The fourth-order valence-electron chi connectivity index (χ4n) is 2.21. The second-order valence-corrected chi connectivity index (χ2v) is 7.12. The van der Waals surface area contributed by atoms with E-state index in [-0.39, 0.29) is 10.7 Å². The Morgan fingerprint density at radius 2 is 1.60 bits per heavy atom. The van der Waals surface area contributed by atoms with Gasteiger partial charge in [-0.05, 0) is 43.3 Å². The SMILES string of the molecule is COc1ccc(-c2cnc(NS(=O)(=O)c3ccc(C)cc3)cn2)cc1. The van der Waals surface area contributed by atoms with Gasteiger partial charge in [0.25, 0.3) is 10.0 Å². The van der Waals surface area contributed by atoms with E-state index in [1.54, 1.807) is 31.4 Å². The number of aryl methyl sites for hydroxylation is 1. The number of nitrogens with one attached hydrogen (secondary N) is 1. The Labute approximate surface area is 146 Å². The monoisotopic (exact) mass is 355 g/mol. The van der Waals surface area contributed by atoms with Crippen LogP contribution >= 0.6 is 0 Å². The van der Waals surface area contributed by atoms with Gasteiger partial charge in [0.1, 0.15) is 5.75 Å². The Morgan fingerprint density at radius 3 is 2.16 bits per heavy atom. The van der Waals surface area contributed by atoms with Crippen LogP contribution in [0.2, 0.25) is 0 Å². The van der Waals surface area contributed by atoms with Crippen LogP contribution in [0, 0.1) is 6.92 Å². The molecule has 1 aromatic heterocycles. The zero-order valence-electron chi connectivity index (χ0n) is 13.8. The van der Waals surface area contributed by atoms with Gasteiger partial charge in [0.15, 0.2) is 5.82 Å². The number of methoxy groups -OCH3 is 1. The number of rotatable bonds is 5. The Balaban J connectivity index is 1.79. The van der Waals surface area contributed by atoms with Gasteiger partial charge >= 0.3 is 0 Å². The van der Waals surface area contributed by atoms with Crippen LogP contribution in [-0.4, -0.2) is 25.5 Å². The quantitative estimate of drug-likeness (QED) is 0.760. The number of anilines is 1. The number of hydrogen-bond donors (Lipinski definition) is 1. The average molecular weight is 355 g/mol. The zero-order chi connectivity index (χ0) is 17.9. The van der Waals surface area contributed by atoms with Gasteiger partial charge in [0.2, 0.25) is 0 Å². The molecule has 0 unspecified atom stereocenters. The highest BCUT2D eigenvalue weighted by atomic mass is 32.2. The molecule has 0 aliphatic carbocycles. The first-order valence-electron chi connectivity index (χ1n) is 7.54. The molecule has 0 bridgehead atoms. The minimum Gasteiger partial charge on any atom is -0.497 e. The maximum absolute atomic E-state index is 12.3. The third-order valence-electron chi connectivity index (χ3n) is 3.61. The molecule has 2 aromatic carbocycles. The minimum atomic E-state index is -3.69. The third-order valence-corrected chi connectivity index (χ3v) is 4.98. The normalized spacial score (nSPS) is 11.1. The van der Waals surface area contributed by atoms with E-state index in [0.717, 1.165) is 16.9 Å². The van der Waals surface area contributed by atoms with Gasteiger partial charge in [-0.3, -0.25) is 9.71 Å². The van der Waals surface area contributed by atoms with E-state index in [2.05, 4.69) is 14.7 Å². The molecule has 25 heavy (non-hydrogen) atoms. The first kappa shape index (κ1) is 16.9. The van der Waals surface area contributed by atoms with Gasteiger partial charge < -0.3 is 4.74 Å². The molecule has 0 amide bonds. The number of benzene rings is 2. The van der Waals surface area contributed by atoms with Crippen LogP contribution in [0.5, 0.6) is 5.75 Å². The van der Waals surface area contributed by atoms with Crippen LogP contribution in [-0.2, 0) is 10.0 Å². The van der Waals surface area contributed by atoms with Crippen molar-refractivity contribution in [1.82, 2.24) is 9.97 Å². The Bertz CT molecular complexity index is 952. The molecule has 0 spiro atoms. The van der Waals surface area contributed by atoms with Crippen LogP contribution < -0.4 is 9.46 Å². The van der Waals surface area contributed by atoms with Crippen LogP contribution in [0.3, 0.4) is 0 Å². The molecule has 7 heteroatoms. The lowest BCUT2D eigenvalue weighted by Crippen LogP contribution is -2.14. The molecule has 0 saturated carbocycles. The number of nitrogens with zero attached hydrogens (tertiary/aromatic N) is 2. The smallest absolute Gasteiger partial charge is 0.263 e. The summed E-state index contributed by atoms with van der Waals surface area (Å²) in [6.07, 6.45) is 2.92. The zero-order valence-corrected chi connectivity index (χ0v) is 14.6. The molecular weight excluding hydrogens is 338 g/mol. The summed E-state index contributed by atoms with van der Waals surface area (Å²) in [5.74, 6) is 0.914. The molecule has 0 atom stereocenters. The van der Waals surface area contributed by atoms with Crippen molar-refractivity contribution < 1.29 is 13.2 Å². The fraction of sp³-hybridized carbons (Fsp3) is 0.111. The van der Waals surface area contributed by atoms with Crippen LogP contribution in [0.25, 0.3) is 11.3 Å². The number of hydrogen-bond acceptors (Lipinski definition) is 5. The lowest BCUT2D eigenvalue weighted by molar-refractivity contribution is 0.415. The summed E-state index contributed by atoms with van der Waals surface area (Å²) < 4.78 is 32.2. The Morgan fingerprint density at radius 1 is 0.920 bits per heavy atom. The van der Waals surface area contributed by atoms with Crippen molar-refractivity contribution in [3.63, 3.8) is 0 Å². The highest BCUT2D eigenvalue weighted by molar-refractivity contribution is 7.92. The summed E-state index contributed by atoms with van der Waals surface area (Å²) in [6, 6.07) is 14.0. The molecule has 0 fully saturated rings. The maximum atomic E-state index is 12.3. The van der Waals surface area contributed by atoms with Crippen molar-refractivity contribution >= 4 is 15.8 Å². The van der Waals surface area contributed by atoms with Crippen molar-refractivity contribution in [3.05, 3.63) is 66.5 Å². The summed E-state index contributed by atoms with van der Waals surface area (Å²) in [6.45, 7) is 1.90. The second kappa shape index (κ2) is 6.90. The van der Waals surface area contributed by atoms with Gasteiger partial charge in [-0.25, -0.2) is 13.4 Å². The lowest BCUT2D eigenvalue weighted by Gasteiger charge is -2.08.